The average Bonchev–Trinajstić information content (AvgIpc) is 2.94. The lowest BCUT2D eigenvalue weighted by molar-refractivity contribution is -0.118. The number of hydrogen-bond acceptors (Lipinski definition) is 7. The smallest absolute Gasteiger partial charge is 0.244 e. The minimum atomic E-state index is -0.290. The number of amides is 1. The Morgan fingerprint density at radius 1 is 1.38 bits per heavy atom. The molecule has 0 aliphatic rings. The third-order valence-electron chi connectivity index (χ3n) is 2.69. The fourth-order valence-electron chi connectivity index (χ4n) is 1.71. The summed E-state index contributed by atoms with van der Waals surface area (Å²) in [5, 5.41) is 17.9. The van der Waals surface area contributed by atoms with E-state index in [1.807, 2.05) is 16.7 Å². The molecule has 0 unspecified atom stereocenters. The van der Waals surface area contributed by atoms with Crippen molar-refractivity contribution >= 4 is 17.7 Å². The second-order valence-electron chi connectivity index (χ2n) is 4.13. The van der Waals surface area contributed by atoms with Gasteiger partial charge >= 0.3 is 0 Å². The monoisotopic (exact) mass is 308 g/mol. The van der Waals surface area contributed by atoms with E-state index < -0.39 is 0 Å². The first-order valence-corrected chi connectivity index (χ1v) is 7.31. The molecular weight excluding hydrogens is 292 g/mol. The first-order chi connectivity index (χ1) is 10.3. The lowest BCUT2D eigenvalue weighted by Crippen LogP contribution is -2.31. The minimum Gasteiger partial charge on any atom is -0.396 e. The van der Waals surface area contributed by atoms with Crippen molar-refractivity contribution in [2.75, 3.05) is 12.4 Å². The molecule has 2 aromatic heterocycles. The Kier molecular flexibility index (Phi) is 5.67. The fraction of sp³-hybridized carbons (Fsp3) is 0.333. The maximum absolute atomic E-state index is 11.2. The van der Waals surface area contributed by atoms with Crippen LogP contribution in [0.1, 0.15) is 6.42 Å². The minimum absolute atomic E-state index is 0.0708. The molecule has 21 heavy (non-hydrogen) atoms. The number of pyridine rings is 1. The van der Waals surface area contributed by atoms with Gasteiger partial charge in [0.2, 0.25) is 5.91 Å². The molecule has 2 heterocycles. The Bertz CT molecular complexity index is 589. The molecule has 2 rings (SSSR count). The number of carbonyl (C=O) groups is 1. The number of aliphatic hydroxyl groups is 1. The summed E-state index contributed by atoms with van der Waals surface area (Å²) in [5.41, 5.74) is 2.95. The van der Waals surface area contributed by atoms with Crippen LogP contribution in [0, 0.1) is 0 Å². The van der Waals surface area contributed by atoms with Crippen LogP contribution >= 0.6 is 11.8 Å². The molecule has 0 aliphatic carbocycles. The molecule has 2 aromatic rings. The van der Waals surface area contributed by atoms with E-state index in [0.717, 1.165) is 5.56 Å². The summed E-state index contributed by atoms with van der Waals surface area (Å²) in [6, 6.07) is 3.67. The predicted octanol–water partition coefficient (Wildman–Crippen LogP) is -0.196. The van der Waals surface area contributed by atoms with Crippen LogP contribution in [-0.4, -0.2) is 43.1 Å². The van der Waals surface area contributed by atoms with Crippen LogP contribution in [-0.2, 0) is 11.3 Å². The molecule has 0 saturated heterocycles. The van der Waals surface area contributed by atoms with Crippen molar-refractivity contribution in [2.45, 2.75) is 18.1 Å². The van der Waals surface area contributed by atoms with Crippen molar-refractivity contribution in [3.63, 3.8) is 0 Å². The lowest BCUT2D eigenvalue weighted by atomic mass is 10.2. The maximum atomic E-state index is 11.2. The highest BCUT2D eigenvalue weighted by atomic mass is 32.2. The highest BCUT2D eigenvalue weighted by Crippen LogP contribution is 2.23. The van der Waals surface area contributed by atoms with Gasteiger partial charge in [0.05, 0.1) is 5.75 Å². The van der Waals surface area contributed by atoms with Gasteiger partial charge in [-0.3, -0.25) is 15.2 Å². The van der Waals surface area contributed by atoms with Crippen molar-refractivity contribution in [1.82, 2.24) is 25.2 Å². The number of thioether (sulfide) groups is 1. The number of aromatic nitrogens is 4. The van der Waals surface area contributed by atoms with Crippen molar-refractivity contribution in [3.05, 3.63) is 24.5 Å². The molecule has 0 aromatic carbocycles. The highest BCUT2D eigenvalue weighted by molar-refractivity contribution is 7.99. The van der Waals surface area contributed by atoms with E-state index in [1.165, 1.54) is 11.8 Å². The summed E-state index contributed by atoms with van der Waals surface area (Å²) in [7, 11) is 0. The Balaban J connectivity index is 2.24. The van der Waals surface area contributed by atoms with Crippen molar-refractivity contribution in [3.8, 4) is 11.4 Å². The third-order valence-corrected chi connectivity index (χ3v) is 3.66. The lowest BCUT2D eigenvalue weighted by Gasteiger charge is -2.09. The first-order valence-electron chi connectivity index (χ1n) is 6.33. The SMILES string of the molecule is NNC(=O)CSc1nnc(-c2ccncc2)n1CCCO. The van der Waals surface area contributed by atoms with Crippen LogP contribution in [0.5, 0.6) is 0 Å². The van der Waals surface area contributed by atoms with Crippen LogP contribution in [0.15, 0.2) is 29.7 Å². The van der Waals surface area contributed by atoms with E-state index in [4.69, 9.17) is 10.9 Å². The molecule has 0 bridgehead atoms. The van der Waals surface area contributed by atoms with Crippen LogP contribution in [0.25, 0.3) is 11.4 Å². The van der Waals surface area contributed by atoms with Crippen molar-refractivity contribution < 1.29 is 9.90 Å². The molecular formula is C12H16N6O2S. The normalized spacial score (nSPS) is 10.6. The van der Waals surface area contributed by atoms with Crippen molar-refractivity contribution in [1.29, 1.82) is 0 Å². The van der Waals surface area contributed by atoms with Gasteiger partial charge in [0.25, 0.3) is 0 Å². The number of nitrogens with one attached hydrogen (secondary N) is 1. The molecule has 112 valence electrons. The number of nitrogens with zero attached hydrogens (tertiary/aromatic N) is 4. The molecule has 9 heteroatoms. The Hall–Kier alpha value is -1.97. The molecule has 0 saturated carbocycles. The molecule has 0 atom stereocenters. The quantitative estimate of drug-likeness (QED) is 0.280. The summed E-state index contributed by atoms with van der Waals surface area (Å²) in [4.78, 5) is 15.2. The van der Waals surface area contributed by atoms with Crippen LogP contribution < -0.4 is 11.3 Å². The maximum Gasteiger partial charge on any atom is 0.244 e. The molecule has 0 aliphatic heterocycles. The number of aliphatic hydroxyl groups excluding tert-OH is 1. The topological polar surface area (TPSA) is 119 Å². The van der Waals surface area contributed by atoms with E-state index in [-0.39, 0.29) is 18.3 Å². The van der Waals surface area contributed by atoms with Crippen LogP contribution in [0.4, 0.5) is 0 Å². The van der Waals surface area contributed by atoms with E-state index >= 15 is 0 Å². The first kappa shape index (κ1) is 15.4. The van der Waals surface area contributed by atoms with Crippen LogP contribution in [0.2, 0.25) is 0 Å². The van der Waals surface area contributed by atoms with Gasteiger partial charge in [-0.1, -0.05) is 11.8 Å². The van der Waals surface area contributed by atoms with Gasteiger partial charge in [-0.25, -0.2) is 5.84 Å². The Morgan fingerprint density at radius 2 is 2.14 bits per heavy atom. The standard InChI is InChI=1S/C12H16N6O2S/c13-15-10(20)8-21-12-17-16-11(18(12)6-1-7-19)9-2-4-14-5-3-9/h2-5,19H,1,6-8,13H2,(H,15,20). The molecule has 0 spiro atoms. The second kappa shape index (κ2) is 7.72. The number of hydrazine groups is 1. The van der Waals surface area contributed by atoms with Crippen LogP contribution in [0.3, 0.4) is 0 Å². The molecule has 0 radical (unpaired) electrons. The van der Waals surface area contributed by atoms with Gasteiger partial charge in [0.1, 0.15) is 0 Å². The number of hydrogen-bond donors (Lipinski definition) is 3. The summed E-state index contributed by atoms with van der Waals surface area (Å²) in [6.45, 7) is 0.634. The van der Waals surface area contributed by atoms with Gasteiger partial charge in [-0.2, -0.15) is 0 Å². The molecule has 8 nitrogen and oxygen atoms in total. The average molecular weight is 308 g/mol. The zero-order chi connectivity index (χ0) is 15.1. The Labute approximate surface area is 125 Å². The van der Waals surface area contributed by atoms with E-state index in [9.17, 15) is 4.79 Å². The summed E-state index contributed by atoms with van der Waals surface area (Å²) >= 11 is 1.25. The van der Waals surface area contributed by atoms with Gasteiger partial charge in [-0.05, 0) is 18.6 Å². The summed E-state index contributed by atoms with van der Waals surface area (Å²) in [6.07, 6.45) is 3.93. The van der Waals surface area contributed by atoms with Gasteiger partial charge in [-0.15, -0.1) is 10.2 Å². The Morgan fingerprint density at radius 3 is 2.81 bits per heavy atom. The second-order valence-corrected chi connectivity index (χ2v) is 5.07. The zero-order valence-electron chi connectivity index (χ0n) is 11.3. The third kappa shape index (κ3) is 4.00. The fourth-order valence-corrected chi connectivity index (χ4v) is 2.49. The van der Waals surface area contributed by atoms with Gasteiger partial charge in [0, 0.05) is 31.1 Å². The van der Waals surface area contributed by atoms with Gasteiger partial charge in [0.15, 0.2) is 11.0 Å². The van der Waals surface area contributed by atoms with E-state index in [1.54, 1.807) is 12.4 Å². The largest absolute Gasteiger partial charge is 0.396 e. The zero-order valence-corrected chi connectivity index (χ0v) is 12.1. The van der Waals surface area contributed by atoms with Gasteiger partial charge < -0.3 is 9.67 Å². The van der Waals surface area contributed by atoms with E-state index in [0.29, 0.717) is 23.9 Å². The summed E-state index contributed by atoms with van der Waals surface area (Å²) < 4.78 is 1.88. The molecule has 1 amide bonds. The number of nitrogens with two attached hydrogens (primary N) is 1. The number of rotatable bonds is 7. The van der Waals surface area contributed by atoms with Crippen molar-refractivity contribution in [2.24, 2.45) is 5.84 Å². The summed E-state index contributed by atoms with van der Waals surface area (Å²) in [5.74, 6) is 5.60. The number of carbonyl (C=O) groups excluding carboxylic acids is 1. The van der Waals surface area contributed by atoms with E-state index in [2.05, 4.69) is 20.6 Å². The molecule has 0 fully saturated rings. The highest BCUT2D eigenvalue weighted by Gasteiger charge is 2.15. The molecule has 4 N–H and O–H groups in total. The predicted molar refractivity (Wildman–Crippen MR) is 78.0 cm³/mol.